The van der Waals surface area contributed by atoms with Gasteiger partial charge in [0.25, 0.3) is 0 Å². The fraction of sp³-hybridized carbons (Fsp3) is 0.118. The van der Waals surface area contributed by atoms with Crippen LogP contribution in [0.5, 0.6) is 0 Å². The number of benzene rings is 1. The van der Waals surface area contributed by atoms with Crippen molar-refractivity contribution in [2.75, 3.05) is 5.32 Å². The Labute approximate surface area is 137 Å². The number of nitrogens with one attached hydrogen (secondary N) is 1. The highest BCUT2D eigenvalue weighted by atomic mass is 32.1. The zero-order valence-corrected chi connectivity index (χ0v) is 13.4. The van der Waals surface area contributed by atoms with Crippen LogP contribution in [-0.2, 0) is 6.54 Å². The van der Waals surface area contributed by atoms with E-state index in [1.807, 2.05) is 29.0 Å². The van der Waals surface area contributed by atoms with Crippen LogP contribution in [0.2, 0.25) is 0 Å². The Morgan fingerprint density at radius 2 is 2.04 bits per heavy atom. The van der Waals surface area contributed by atoms with Crippen LogP contribution in [0.15, 0.2) is 55.0 Å². The van der Waals surface area contributed by atoms with E-state index in [9.17, 15) is 0 Å². The third-order valence-electron chi connectivity index (χ3n) is 3.73. The highest BCUT2D eigenvalue weighted by Gasteiger charge is 2.11. The van der Waals surface area contributed by atoms with Gasteiger partial charge in [-0.2, -0.15) is 0 Å². The maximum absolute atomic E-state index is 4.63. The Balaban J connectivity index is 1.60. The van der Waals surface area contributed by atoms with Crippen LogP contribution in [0.4, 0.5) is 5.13 Å². The average molecular weight is 321 g/mol. The first kappa shape index (κ1) is 13.9. The largest absolute Gasteiger partial charge is 0.356 e. The summed E-state index contributed by atoms with van der Waals surface area (Å²) in [5.41, 5.74) is 4.51. The van der Waals surface area contributed by atoms with E-state index in [1.165, 1.54) is 11.1 Å². The standard InChI is InChI=1S/C17H15N5S/c1-12-5-2-3-6-13(12)10-19-16-21-22-15(11-20-17(22)23-16)14-7-4-8-18-9-14/h2-9,11H,10H2,1H3,(H,19,21). The number of anilines is 1. The molecular weight excluding hydrogens is 306 g/mol. The minimum atomic E-state index is 0.756. The quantitative estimate of drug-likeness (QED) is 0.621. The lowest BCUT2D eigenvalue weighted by atomic mass is 10.1. The predicted octanol–water partition coefficient (Wildman–Crippen LogP) is 3.77. The first-order valence-electron chi connectivity index (χ1n) is 7.34. The van der Waals surface area contributed by atoms with Crippen molar-refractivity contribution in [3.05, 3.63) is 66.1 Å². The fourth-order valence-corrected chi connectivity index (χ4v) is 3.23. The van der Waals surface area contributed by atoms with Crippen molar-refractivity contribution in [2.24, 2.45) is 0 Å². The predicted molar refractivity (Wildman–Crippen MR) is 92.6 cm³/mol. The number of imidazole rings is 1. The van der Waals surface area contributed by atoms with Gasteiger partial charge in [0.2, 0.25) is 10.1 Å². The van der Waals surface area contributed by atoms with Gasteiger partial charge >= 0.3 is 0 Å². The smallest absolute Gasteiger partial charge is 0.214 e. The van der Waals surface area contributed by atoms with Gasteiger partial charge in [0, 0.05) is 24.5 Å². The van der Waals surface area contributed by atoms with E-state index in [0.717, 1.165) is 27.9 Å². The molecule has 4 aromatic rings. The molecule has 0 fully saturated rings. The molecule has 1 aromatic carbocycles. The van der Waals surface area contributed by atoms with Crippen LogP contribution in [0.25, 0.3) is 16.2 Å². The molecule has 23 heavy (non-hydrogen) atoms. The summed E-state index contributed by atoms with van der Waals surface area (Å²) in [7, 11) is 0. The van der Waals surface area contributed by atoms with Crippen molar-refractivity contribution in [2.45, 2.75) is 13.5 Å². The van der Waals surface area contributed by atoms with Gasteiger partial charge in [-0.25, -0.2) is 9.50 Å². The topological polar surface area (TPSA) is 55.1 Å². The molecule has 0 unspecified atom stereocenters. The Bertz CT molecular complexity index is 942. The summed E-state index contributed by atoms with van der Waals surface area (Å²) in [5.74, 6) is 0. The molecule has 0 aliphatic heterocycles. The average Bonchev–Trinajstić information content (AvgIpc) is 3.15. The van der Waals surface area contributed by atoms with Crippen LogP contribution in [0, 0.1) is 6.92 Å². The second-order valence-electron chi connectivity index (χ2n) is 5.27. The van der Waals surface area contributed by atoms with E-state index in [0.29, 0.717) is 0 Å². The molecule has 114 valence electrons. The monoisotopic (exact) mass is 321 g/mol. The minimum absolute atomic E-state index is 0.756. The van der Waals surface area contributed by atoms with Gasteiger partial charge in [-0.05, 0) is 30.2 Å². The molecule has 0 aliphatic carbocycles. The fourth-order valence-electron chi connectivity index (χ4n) is 2.45. The first-order valence-corrected chi connectivity index (χ1v) is 8.16. The van der Waals surface area contributed by atoms with Gasteiger partial charge in [0.05, 0.1) is 11.9 Å². The summed E-state index contributed by atoms with van der Waals surface area (Å²) in [4.78, 5) is 9.47. The molecule has 0 bridgehead atoms. The number of rotatable bonds is 4. The first-order chi connectivity index (χ1) is 11.3. The molecule has 3 heterocycles. The van der Waals surface area contributed by atoms with E-state index < -0.39 is 0 Å². The van der Waals surface area contributed by atoms with E-state index in [-0.39, 0.29) is 0 Å². The molecule has 6 heteroatoms. The summed E-state index contributed by atoms with van der Waals surface area (Å²) in [6, 6.07) is 12.3. The van der Waals surface area contributed by atoms with Crippen LogP contribution in [0.1, 0.15) is 11.1 Å². The van der Waals surface area contributed by atoms with Crippen molar-refractivity contribution in [1.82, 2.24) is 19.6 Å². The Hall–Kier alpha value is -2.73. The lowest BCUT2D eigenvalue weighted by Crippen LogP contribution is -2.01. The molecule has 0 saturated carbocycles. The number of pyridine rings is 1. The van der Waals surface area contributed by atoms with Crippen molar-refractivity contribution < 1.29 is 0 Å². The van der Waals surface area contributed by atoms with Crippen molar-refractivity contribution in [3.8, 4) is 11.3 Å². The van der Waals surface area contributed by atoms with Gasteiger partial charge < -0.3 is 5.32 Å². The summed E-state index contributed by atoms with van der Waals surface area (Å²) in [6.45, 7) is 2.87. The Morgan fingerprint density at radius 3 is 2.87 bits per heavy atom. The maximum atomic E-state index is 4.63. The maximum Gasteiger partial charge on any atom is 0.214 e. The zero-order chi connectivity index (χ0) is 15.6. The van der Waals surface area contributed by atoms with Crippen LogP contribution in [0.3, 0.4) is 0 Å². The molecule has 0 radical (unpaired) electrons. The number of nitrogens with zero attached hydrogens (tertiary/aromatic N) is 4. The van der Waals surface area contributed by atoms with Crippen molar-refractivity contribution in [1.29, 1.82) is 0 Å². The Morgan fingerprint density at radius 1 is 1.13 bits per heavy atom. The number of aryl methyl sites for hydroxylation is 1. The van der Waals surface area contributed by atoms with Crippen molar-refractivity contribution in [3.63, 3.8) is 0 Å². The molecule has 3 aromatic heterocycles. The van der Waals surface area contributed by atoms with Gasteiger partial charge in [-0.15, -0.1) is 5.10 Å². The van der Waals surface area contributed by atoms with Crippen LogP contribution in [-0.4, -0.2) is 19.6 Å². The van der Waals surface area contributed by atoms with Gasteiger partial charge in [-0.1, -0.05) is 35.6 Å². The summed E-state index contributed by atoms with van der Waals surface area (Å²) in [5, 5.41) is 8.88. The second-order valence-corrected chi connectivity index (χ2v) is 6.22. The lowest BCUT2D eigenvalue weighted by molar-refractivity contribution is 0.965. The van der Waals surface area contributed by atoms with E-state index >= 15 is 0 Å². The number of hydrogen-bond acceptors (Lipinski definition) is 5. The van der Waals surface area contributed by atoms with E-state index in [1.54, 1.807) is 17.5 Å². The summed E-state index contributed by atoms with van der Waals surface area (Å²) in [6.07, 6.45) is 5.42. The molecule has 0 saturated heterocycles. The number of aromatic nitrogens is 4. The van der Waals surface area contributed by atoms with Gasteiger partial charge in [-0.3, -0.25) is 4.98 Å². The molecule has 5 nitrogen and oxygen atoms in total. The lowest BCUT2D eigenvalue weighted by Gasteiger charge is -2.05. The summed E-state index contributed by atoms with van der Waals surface area (Å²) < 4.78 is 1.86. The highest BCUT2D eigenvalue weighted by molar-refractivity contribution is 7.20. The van der Waals surface area contributed by atoms with Crippen molar-refractivity contribution >= 4 is 21.4 Å². The zero-order valence-electron chi connectivity index (χ0n) is 12.6. The Kier molecular flexibility index (Phi) is 3.51. The number of fused-ring (bicyclic) bond motifs is 1. The number of hydrogen-bond donors (Lipinski definition) is 1. The summed E-state index contributed by atoms with van der Waals surface area (Å²) >= 11 is 1.55. The molecule has 1 N–H and O–H groups in total. The molecule has 4 rings (SSSR count). The molecule has 0 amide bonds. The van der Waals surface area contributed by atoms with Gasteiger partial charge in [0.1, 0.15) is 0 Å². The third kappa shape index (κ3) is 2.68. The molecular formula is C17H15N5S. The highest BCUT2D eigenvalue weighted by Crippen LogP contribution is 2.25. The minimum Gasteiger partial charge on any atom is -0.356 e. The second kappa shape index (κ2) is 5.81. The normalized spacial score (nSPS) is 11.0. The molecule has 0 atom stereocenters. The molecule has 0 spiro atoms. The van der Waals surface area contributed by atoms with E-state index in [4.69, 9.17) is 0 Å². The van der Waals surface area contributed by atoms with Crippen LogP contribution >= 0.6 is 11.3 Å². The van der Waals surface area contributed by atoms with Crippen LogP contribution < -0.4 is 5.32 Å². The SMILES string of the molecule is Cc1ccccc1CNc1nn2c(-c3cccnc3)cnc2s1. The third-order valence-corrected chi connectivity index (χ3v) is 4.61. The van der Waals surface area contributed by atoms with Gasteiger partial charge in [0.15, 0.2) is 0 Å². The molecule has 0 aliphatic rings. The van der Waals surface area contributed by atoms with E-state index in [2.05, 4.69) is 51.6 Å².